The molecule has 1 unspecified atom stereocenters. The molecule has 0 spiro atoms. The molecule has 1 aromatic carbocycles. The Labute approximate surface area is 113 Å². The van der Waals surface area contributed by atoms with E-state index in [0.717, 1.165) is 12.1 Å². The summed E-state index contributed by atoms with van der Waals surface area (Å²) in [5.74, 6) is -0.739. The van der Waals surface area contributed by atoms with E-state index in [1.807, 2.05) is 0 Å². The van der Waals surface area contributed by atoms with E-state index in [1.165, 1.54) is 6.92 Å². The molecule has 1 N–H and O–H groups in total. The zero-order valence-corrected chi connectivity index (χ0v) is 10.8. The fraction of sp³-hybridized carbons (Fsp3) is 0.500. The zero-order chi connectivity index (χ0) is 15.2. The Hall–Kier alpha value is -1.43. The van der Waals surface area contributed by atoms with Gasteiger partial charge in [-0.2, -0.15) is 13.2 Å². The van der Waals surface area contributed by atoms with Crippen molar-refractivity contribution in [1.29, 1.82) is 0 Å². The monoisotopic (exact) mass is 290 g/mol. The molecule has 0 aromatic heterocycles. The Bertz CT molecular complexity index is 530. The maximum atomic E-state index is 13.8. The first-order chi connectivity index (χ1) is 9.10. The van der Waals surface area contributed by atoms with E-state index in [9.17, 15) is 27.5 Å². The highest BCUT2D eigenvalue weighted by Gasteiger charge is 2.50. The van der Waals surface area contributed by atoms with Gasteiger partial charge >= 0.3 is 6.18 Å². The van der Waals surface area contributed by atoms with Crippen LogP contribution in [-0.4, -0.2) is 17.0 Å². The molecule has 1 aromatic rings. The first-order valence-electron chi connectivity index (χ1n) is 6.16. The van der Waals surface area contributed by atoms with Gasteiger partial charge in [0.1, 0.15) is 11.4 Å². The van der Waals surface area contributed by atoms with E-state index in [2.05, 4.69) is 0 Å². The second-order valence-corrected chi connectivity index (χ2v) is 5.62. The van der Waals surface area contributed by atoms with Gasteiger partial charge in [0.2, 0.25) is 0 Å². The summed E-state index contributed by atoms with van der Waals surface area (Å²) in [5.41, 5.74) is -3.55. The average molecular weight is 290 g/mol. The van der Waals surface area contributed by atoms with Gasteiger partial charge in [-0.1, -0.05) is 0 Å². The Morgan fingerprint density at radius 1 is 1.35 bits per heavy atom. The minimum Gasteiger partial charge on any atom is -0.383 e. The summed E-state index contributed by atoms with van der Waals surface area (Å²) in [5, 5.41) is 9.77. The van der Waals surface area contributed by atoms with Crippen molar-refractivity contribution in [3.05, 3.63) is 35.1 Å². The summed E-state index contributed by atoms with van der Waals surface area (Å²) in [6.45, 7) is 1.27. The average Bonchev–Trinajstić information content (AvgIpc) is 3.08. The second-order valence-electron chi connectivity index (χ2n) is 5.62. The van der Waals surface area contributed by atoms with Crippen molar-refractivity contribution in [1.82, 2.24) is 0 Å². The summed E-state index contributed by atoms with van der Waals surface area (Å²) >= 11 is 0. The van der Waals surface area contributed by atoms with Crippen molar-refractivity contribution < 1.29 is 27.5 Å². The lowest BCUT2D eigenvalue weighted by atomic mass is 9.84. The van der Waals surface area contributed by atoms with Gasteiger partial charge in [0, 0.05) is 5.41 Å². The molecule has 0 heterocycles. The first-order valence-corrected chi connectivity index (χ1v) is 6.16. The topological polar surface area (TPSA) is 37.3 Å². The number of carbonyl (C=O) groups excluding carboxylic acids is 1. The molecule has 1 aliphatic rings. The quantitative estimate of drug-likeness (QED) is 0.683. The van der Waals surface area contributed by atoms with Crippen LogP contribution in [0.4, 0.5) is 17.6 Å². The number of alkyl halides is 3. The largest absolute Gasteiger partial charge is 0.416 e. The molecule has 0 saturated heterocycles. The Morgan fingerprint density at radius 2 is 1.95 bits per heavy atom. The maximum Gasteiger partial charge on any atom is 0.416 e. The molecular weight excluding hydrogens is 276 g/mol. The van der Waals surface area contributed by atoms with Crippen molar-refractivity contribution in [2.75, 3.05) is 0 Å². The van der Waals surface area contributed by atoms with Gasteiger partial charge in [0.15, 0.2) is 6.29 Å². The molecule has 2 nitrogen and oxygen atoms in total. The molecule has 1 atom stereocenters. The number of hydrogen-bond acceptors (Lipinski definition) is 2. The van der Waals surface area contributed by atoms with Crippen LogP contribution < -0.4 is 0 Å². The lowest BCUT2D eigenvalue weighted by molar-refractivity contribution is -0.137. The predicted octanol–water partition coefficient (Wildman–Crippen LogP) is 3.22. The highest BCUT2D eigenvalue weighted by molar-refractivity contribution is 5.62. The number of aldehydes is 1. The van der Waals surface area contributed by atoms with E-state index in [-0.39, 0.29) is 12.0 Å². The molecular formula is C14H14F4O2. The third-order valence-electron chi connectivity index (χ3n) is 3.67. The molecule has 0 bridgehead atoms. The molecule has 1 saturated carbocycles. The van der Waals surface area contributed by atoms with Gasteiger partial charge in [-0.25, -0.2) is 4.39 Å². The molecule has 0 radical (unpaired) electrons. The van der Waals surface area contributed by atoms with Crippen LogP contribution in [0.1, 0.15) is 37.3 Å². The number of rotatable bonds is 4. The third-order valence-corrected chi connectivity index (χ3v) is 3.67. The van der Waals surface area contributed by atoms with Gasteiger partial charge < -0.3 is 9.90 Å². The van der Waals surface area contributed by atoms with Crippen molar-refractivity contribution in [3.8, 4) is 0 Å². The molecule has 0 amide bonds. The smallest absolute Gasteiger partial charge is 0.383 e. The minimum atomic E-state index is -4.55. The predicted molar refractivity (Wildman–Crippen MR) is 63.6 cm³/mol. The van der Waals surface area contributed by atoms with Gasteiger partial charge in [0.05, 0.1) is 5.56 Å². The molecule has 1 fully saturated rings. The van der Waals surface area contributed by atoms with E-state index in [0.29, 0.717) is 25.2 Å². The number of aliphatic hydroxyl groups is 1. The van der Waals surface area contributed by atoms with Crippen LogP contribution in [-0.2, 0) is 16.4 Å². The van der Waals surface area contributed by atoms with E-state index >= 15 is 0 Å². The lowest BCUT2D eigenvalue weighted by Crippen LogP contribution is -2.32. The van der Waals surface area contributed by atoms with Crippen LogP contribution in [0, 0.1) is 5.82 Å². The highest BCUT2D eigenvalue weighted by atomic mass is 19.4. The van der Waals surface area contributed by atoms with Crippen LogP contribution in [0.2, 0.25) is 0 Å². The fourth-order valence-corrected chi connectivity index (χ4v) is 2.53. The van der Waals surface area contributed by atoms with Crippen LogP contribution in [0.3, 0.4) is 0 Å². The Balaban J connectivity index is 2.40. The SMILES string of the molecule is CC(O)(C=O)CC1(c2cc(C(F)(F)F)ccc2F)CC1. The number of hydrogen-bond donors (Lipinski definition) is 1. The van der Waals surface area contributed by atoms with Crippen molar-refractivity contribution in [3.63, 3.8) is 0 Å². The zero-order valence-electron chi connectivity index (χ0n) is 10.8. The van der Waals surface area contributed by atoms with E-state index in [4.69, 9.17) is 0 Å². The summed E-state index contributed by atoms with van der Waals surface area (Å²) in [7, 11) is 0. The van der Waals surface area contributed by atoms with E-state index in [1.54, 1.807) is 0 Å². The van der Waals surface area contributed by atoms with Gasteiger partial charge in [-0.05, 0) is 49.9 Å². The molecule has 6 heteroatoms. The molecule has 110 valence electrons. The van der Waals surface area contributed by atoms with E-state index < -0.39 is 28.6 Å². The maximum absolute atomic E-state index is 13.8. The normalized spacial score (nSPS) is 20.3. The van der Waals surface area contributed by atoms with Gasteiger partial charge in [0.25, 0.3) is 0 Å². The summed E-state index contributed by atoms with van der Waals surface area (Å²) in [4.78, 5) is 10.8. The lowest BCUT2D eigenvalue weighted by Gasteiger charge is -2.25. The number of halogens is 4. The molecule has 1 aliphatic carbocycles. The van der Waals surface area contributed by atoms with Crippen molar-refractivity contribution >= 4 is 6.29 Å². The standard InChI is InChI=1S/C14H14F4O2/c1-12(20,8-19)7-13(4-5-13)10-6-9(14(16,17)18)2-3-11(10)15/h2-3,6,8,20H,4-5,7H2,1H3. The van der Waals surface area contributed by atoms with Crippen molar-refractivity contribution in [2.24, 2.45) is 0 Å². The fourth-order valence-electron chi connectivity index (χ4n) is 2.53. The summed E-state index contributed by atoms with van der Waals surface area (Å²) in [6, 6.07) is 2.25. The van der Waals surface area contributed by atoms with Gasteiger partial charge in [-0.3, -0.25) is 0 Å². The van der Waals surface area contributed by atoms with Crippen LogP contribution >= 0.6 is 0 Å². The first kappa shape index (κ1) is 15.0. The van der Waals surface area contributed by atoms with Crippen molar-refractivity contribution in [2.45, 2.75) is 43.4 Å². The molecule has 0 aliphatic heterocycles. The summed E-state index contributed by atoms with van der Waals surface area (Å²) < 4.78 is 51.9. The summed E-state index contributed by atoms with van der Waals surface area (Å²) in [6.07, 6.45) is -3.39. The second kappa shape index (κ2) is 4.55. The number of benzene rings is 1. The van der Waals surface area contributed by atoms with Crippen LogP contribution in [0.25, 0.3) is 0 Å². The van der Waals surface area contributed by atoms with Gasteiger partial charge in [-0.15, -0.1) is 0 Å². The minimum absolute atomic E-state index is 0.0746. The third kappa shape index (κ3) is 2.85. The van der Waals surface area contributed by atoms with Crippen LogP contribution in [0.5, 0.6) is 0 Å². The Morgan fingerprint density at radius 3 is 2.40 bits per heavy atom. The van der Waals surface area contributed by atoms with Crippen LogP contribution in [0.15, 0.2) is 18.2 Å². The molecule has 2 rings (SSSR count). The Kier molecular flexibility index (Phi) is 3.40. The highest BCUT2D eigenvalue weighted by Crippen LogP contribution is 2.54. The molecule has 20 heavy (non-hydrogen) atoms. The number of carbonyl (C=O) groups is 1.